The summed E-state index contributed by atoms with van der Waals surface area (Å²) in [6, 6.07) is 14.3. The normalized spacial score (nSPS) is 11.5. The van der Waals surface area contributed by atoms with Gasteiger partial charge in [0.2, 0.25) is 0 Å². The number of fused-ring (bicyclic) bond motifs is 2. The molecule has 3 N–H and O–H groups in total. The molecule has 6 rings (SSSR count). The van der Waals surface area contributed by atoms with Crippen molar-refractivity contribution in [2.45, 2.75) is 19.9 Å². The highest BCUT2D eigenvalue weighted by Gasteiger charge is 2.16. The van der Waals surface area contributed by atoms with Crippen molar-refractivity contribution >= 4 is 27.5 Å². The monoisotopic (exact) mass is 446 g/mol. The Morgan fingerprint density at radius 3 is 2.56 bits per heavy atom. The number of anilines is 1. The number of hydrogen-bond donors (Lipinski definition) is 3. The first-order valence-electron chi connectivity index (χ1n) is 11.1. The predicted molar refractivity (Wildman–Crippen MR) is 134 cm³/mol. The smallest absolute Gasteiger partial charge is 0.116 e. The Kier molecular flexibility index (Phi) is 4.76. The van der Waals surface area contributed by atoms with Crippen molar-refractivity contribution < 1.29 is 0 Å². The summed E-state index contributed by atoms with van der Waals surface area (Å²) in [4.78, 5) is 21.6. The number of H-pyrrole nitrogens is 2. The first-order chi connectivity index (χ1) is 16.7. The molecule has 0 atom stereocenters. The molecule has 6 aromatic rings. The van der Waals surface area contributed by atoms with Crippen LogP contribution >= 0.6 is 0 Å². The third-order valence-electron chi connectivity index (χ3n) is 5.65. The quantitative estimate of drug-likeness (QED) is 0.325. The van der Waals surface area contributed by atoms with Gasteiger partial charge in [-0.25, -0.2) is 0 Å². The first-order valence-corrected chi connectivity index (χ1v) is 11.1. The molecule has 6 heterocycles. The van der Waals surface area contributed by atoms with Gasteiger partial charge in [0, 0.05) is 52.7 Å². The van der Waals surface area contributed by atoms with Crippen molar-refractivity contribution in [3.05, 3.63) is 73.4 Å². The zero-order chi connectivity index (χ0) is 23.1. The molecule has 166 valence electrons. The topological polar surface area (TPSA) is 108 Å². The Morgan fingerprint density at radius 1 is 0.794 bits per heavy atom. The van der Waals surface area contributed by atoms with E-state index in [1.54, 1.807) is 12.4 Å². The van der Waals surface area contributed by atoms with Crippen molar-refractivity contribution in [2.24, 2.45) is 0 Å². The third-order valence-corrected chi connectivity index (χ3v) is 5.65. The van der Waals surface area contributed by atoms with Crippen LogP contribution < -0.4 is 5.32 Å². The number of hydrogen-bond acceptors (Lipinski definition) is 6. The lowest BCUT2D eigenvalue weighted by atomic mass is 10.1. The summed E-state index contributed by atoms with van der Waals surface area (Å²) in [5, 5.41) is 13.1. The highest BCUT2D eigenvalue weighted by Crippen LogP contribution is 2.33. The maximum absolute atomic E-state index is 4.63. The fourth-order valence-corrected chi connectivity index (χ4v) is 4.16. The van der Waals surface area contributed by atoms with Gasteiger partial charge in [0.05, 0.1) is 40.2 Å². The van der Waals surface area contributed by atoms with Gasteiger partial charge in [0.15, 0.2) is 0 Å². The van der Waals surface area contributed by atoms with Gasteiger partial charge in [-0.2, -0.15) is 5.10 Å². The molecule has 34 heavy (non-hydrogen) atoms. The van der Waals surface area contributed by atoms with E-state index >= 15 is 0 Å². The van der Waals surface area contributed by atoms with Crippen LogP contribution in [0.1, 0.15) is 13.8 Å². The van der Waals surface area contributed by atoms with E-state index in [-0.39, 0.29) is 0 Å². The molecule has 0 radical (unpaired) electrons. The molecule has 0 saturated heterocycles. The molecule has 0 fully saturated rings. The number of nitrogens with one attached hydrogen (secondary N) is 3. The second-order valence-electron chi connectivity index (χ2n) is 8.47. The minimum Gasteiger partial charge on any atom is -0.382 e. The highest BCUT2D eigenvalue weighted by molar-refractivity contribution is 6.00. The van der Waals surface area contributed by atoms with Crippen LogP contribution in [0.15, 0.2) is 73.4 Å². The van der Waals surface area contributed by atoms with Gasteiger partial charge in [-0.3, -0.25) is 25.0 Å². The summed E-state index contributed by atoms with van der Waals surface area (Å²) in [6.07, 6.45) is 9.03. The van der Waals surface area contributed by atoms with Crippen LogP contribution in [0.5, 0.6) is 0 Å². The zero-order valence-corrected chi connectivity index (χ0v) is 18.7. The van der Waals surface area contributed by atoms with Crippen LogP contribution in [0.4, 0.5) is 5.69 Å². The summed E-state index contributed by atoms with van der Waals surface area (Å²) in [7, 11) is 0. The lowest BCUT2D eigenvalue weighted by molar-refractivity contribution is 0.898. The minimum atomic E-state index is 0.320. The van der Waals surface area contributed by atoms with Crippen molar-refractivity contribution in [1.82, 2.24) is 35.1 Å². The van der Waals surface area contributed by atoms with Gasteiger partial charge < -0.3 is 10.3 Å². The lowest BCUT2D eigenvalue weighted by Crippen LogP contribution is -2.09. The van der Waals surface area contributed by atoms with E-state index in [9.17, 15) is 0 Å². The summed E-state index contributed by atoms with van der Waals surface area (Å²) in [5.41, 5.74) is 7.98. The van der Waals surface area contributed by atoms with Crippen molar-refractivity contribution in [2.75, 3.05) is 5.32 Å². The summed E-state index contributed by atoms with van der Waals surface area (Å²) in [6.45, 7) is 4.20. The zero-order valence-electron chi connectivity index (χ0n) is 18.7. The Balaban J connectivity index is 1.45. The molecule has 6 aromatic heterocycles. The van der Waals surface area contributed by atoms with Gasteiger partial charge in [0.25, 0.3) is 0 Å². The molecule has 0 aliphatic heterocycles. The van der Waals surface area contributed by atoms with E-state index in [0.29, 0.717) is 6.04 Å². The molecule has 0 bridgehead atoms. The van der Waals surface area contributed by atoms with E-state index < -0.39 is 0 Å². The second-order valence-corrected chi connectivity index (χ2v) is 8.47. The lowest BCUT2D eigenvalue weighted by Gasteiger charge is -2.10. The fraction of sp³-hybridized carbons (Fsp3) is 0.115. The summed E-state index contributed by atoms with van der Waals surface area (Å²) < 4.78 is 0. The Morgan fingerprint density at radius 2 is 1.71 bits per heavy atom. The van der Waals surface area contributed by atoms with Crippen molar-refractivity contribution in [3.63, 3.8) is 0 Å². The van der Waals surface area contributed by atoms with Gasteiger partial charge in [-0.1, -0.05) is 6.07 Å². The SMILES string of the molecule is CC(C)Nc1cncc(-c2cc3c(-c4cc5c(-c6ccccn6)nccc5[nH]4)n[nH]c3cn2)c1. The largest absolute Gasteiger partial charge is 0.382 e. The molecular weight excluding hydrogens is 424 g/mol. The van der Waals surface area contributed by atoms with E-state index in [0.717, 1.165) is 61.5 Å². The van der Waals surface area contributed by atoms with E-state index in [4.69, 9.17) is 0 Å². The van der Waals surface area contributed by atoms with Crippen molar-refractivity contribution in [1.29, 1.82) is 0 Å². The summed E-state index contributed by atoms with van der Waals surface area (Å²) in [5.74, 6) is 0. The third kappa shape index (κ3) is 3.55. The standard InChI is InChI=1S/C26H22N8/c1-15(2)31-17-9-16(12-27-13-17)22-10-19-24(14-30-22)33-34-26(19)23-11-18-20(32-23)6-8-29-25(18)21-5-3-4-7-28-21/h3-15,31-32H,1-2H3,(H,33,34). The molecule has 0 aliphatic rings. The van der Waals surface area contributed by atoms with Gasteiger partial charge in [0.1, 0.15) is 5.69 Å². The maximum Gasteiger partial charge on any atom is 0.116 e. The number of aromatic nitrogens is 7. The maximum atomic E-state index is 4.63. The van der Waals surface area contributed by atoms with Crippen LogP contribution in [0.3, 0.4) is 0 Å². The first kappa shape index (κ1) is 20.0. The number of aromatic amines is 2. The molecule has 0 amide bonds. The number of rotatable bonds is 5. The Bertz CT molecular complexity index is 1610. The fourth-order valence-electron chi connectivity index (χ4n) is 4.16. The predicted octanol–water partition coefficient (Wildman–Crippen LogP) is 5.45. The van der Waals surface area contributed by atoms with E-state index in [2.05, 4.69) is 66.4 Å². The van der Waals surface area contributed by atoms with Gasteiger partial charge in [-0.05, 0) is 50.2 Å². The van der Waals surface area contributed by atoms with Crippen LogP contribution in [-0.4, -0.2) is 41.2 Å². The second kappa shape index (κ2) is 8.08. The highest BCUT2D eigenvalue weighted by atomic mass is 15.1. The minimum absolute atomic E-state index is 0.320. The Hall–Kier alpha value is -4.59. The average Bonchev–Trinajstić information content (AvgIpc) is 3.48. The molecule has 8 heteroatoms. The molecule has 0 aromatic carbocycles. The molecule has 0 saturated carbocycles. The molecule has 8 nitrogen and oxygen atoms in total. The molecular formula is C26H22N8. The van der Waals surface area contributed by atoms with Crippen LogP contribution in [-0.2, 0) is 0 Å². The van der Waals surface area contributed by atoms with Crippen LogP contribution in [0.2, 0.25) is 0 Å². The number of pyridine rings is 4. The molecule has 0 unspecified atom stereocenters. The van der Waals surface area contributed by atoms with Crippen molar-refractivity contribution in [3.8, 4) is 34.0 Å². The van der Waals surface area contributed by atoms with Crippen LogP contribution in [0, 0.1) is 0 Å². The molecule has 0 spiro atoms. The average molecular weight is 447 g/mol. The van der Waals surface area contributed by atoms with Gasteiger partial charge >= 0.3 is 0 Å². The van der Waals surface area contributed by atoms with Crippen LogP contribution in [0.25, 0.3) is 55.8 Å². The number of nitrogens with zero attached hydrogens (tertiary/aromatic N) is 5. The Labute approximate surface area is 195 Å². The molecule has 0 aliphatic carbocycles. The summed E-state index contributed by atoms with van der Waals surface area (Å²) >= 11 is 0. The van der Waals surface area contributed by atoms with Gasteiger partial charge in [-0.15, -0.1) is 0 Å². The van der Waals surface area contributed by atoms with E-state index in [1.165, 1.54) is 0 Å². The van der Waals surface area contributed by atoms with E-state index in [1.807, 2.05) is 48.9 Å².